The number of carbonyl (C=O) groups excluding carboxylic acids is 2. The van der Waals surface area contributed by atoms with Gasteiger partial charge in [-0.25, -0.2) is 0 Å². The summed E-state index contributed by atoms with van der Waals surface area (Å²) in [5.41, 5.74) is 3.96. The minimum Gasteiger partial charge on any atom is -0.353 e. The maximum atomic E-state index is 13.5. The Morgan fingerprint density at radius 3 is 2.50 bits per heavy atom. The molecule has 0 fully saturated rings. The Kier molecular flexibility index (Phi) is 8.51. The van der Waals surface area contributed by atoms with Gasteiger partial charge in [-0.05, 0) is 83.8 Å². The molecule has 0 unspecified atom stereocenters. The van der Waals surface area contributed by atoms with Gasteiger partial charge in [0.15, 0.2) is 0 Å². The molecule has 3 aromatic rings. The van der Waals surface area contributed by atoms with Gasteiger partial charge in [0.05, 0.1) is 28.3 Å². The normalized spacial score (nSPS) is 15.2. The molecule has 0 spiro atoms. The van der Waals surface area contributed by atoms with E-state index in [1.54, 1.807) is 0 Å². The molecule has 6 nitrogen and oxygen atoms in total. The van der Waals surface area contributed by atoms with Crippen LogP contribution in [0.25, 0.3) is 0 Å². The topological polar surface area (TPSA) is 94.0 Å². The number of thiophene rings is 1. The number of amides is 2. The number of thioether (sulfide) groups is 1. The molecule has 1 aliphatic rings. The van der Waals surface area contributed by atoms with Crippen molar-refractivity contribution in [2.45, 2.75) is 19.8 Å². The van der Waals surface area contributed by atoms with Gasteiger partial charge < -0.3 is 16.0 Å². The van der Waals surface area contributed by atoms with Crippen molar-refractivity contribution in [2.75, 3.05) is 16.4 Å². The Hall–Kier alpha value is -3.07. The lowest BCUT2D eigenvalue weighted by atomic mass is 9.86. The van der Waals surface area contributed by atoms with Gasteiger partial charge in [0.1, 0.15) is 0 Å². The molecular formula is C27H23IN4O2S2. The van der Waals surface area contributed by atoms with E-state index in [0.717, 1.165) is 25.4 Å². The lowest BCUT2D eigenvalue weighted by Crippen LogP contribution is -2.31. The summed E-state index contributed by atoms with van der Waals surface area (Å²) < 4.78 is 1.08. The van der Waals surface area contributed by atoms with E-state index >= 15 is 0 Å². The predicted octanol–water partition coefficient (Wildman–Crippen LogP) is 6.37. The number of dihydropyridines is 1. The van der Waals surface area contributed by atoms with Gasteiger partial charge in [-0.15, -0.1) is 11.3 Å². The number of para-hydroxylation sites is 1. The van der Waals surface area contributed by atoms with Crippen molar-refractivity contribution in [3.05, 3.63) is 102 Å². The molecule has 2 amide bonds. The first-order valence-corrected chi connectivity index (χ1v) is 14.0. The average molecular weight is 627 g/mol. The highest BCUT2D eigenvalue weighted by molar-refractivity contribution is 14.1. The number of allylic oxidation sites excluding steroid dienone is 2. The second kappa shape index (κ2) is 11.8. The van der Waals surface area contributed by atoms with Gasteiger partial charge >= 0.3 is 0 Å². The van der Waals surface area contributed by atoms with E-state index in [2.05, 4.69) is 44.6 Å². The fourth-order valence-electron chi connectivity index (χ4n) is 3.84. The van der Waals surface area contributed by atoms with E-state index in [1.807, 2.05) is 79.9 Å². The number of anilines is 2. The summed E-state index contributed by atoms with van der Waals surface area (Å²) in [7, 11) is 0. The van der Waals surface area contributed by atoms with Crippen LogP contribution in [0.3, 0.4) is 0 Å². The van der Waals surface area contributed by atoms with Crippen LogP contribution in [-0.4, -0.2) is 17.6 Å². The highest BCUT2D eigenvalue weighted by Gasteiger charge is 2.35. The van der Waals surface area contributed by atoms with Crippen molar-refractivity contribution < 1.29 is 9.59 Å². The summed E-state index contributed by atoms with van der Waals surface area (Å²) in [5.74, 6) is -0.845. The van der Waals surface area contributed by atoms with Crippen molar-refractivity contribution in [1.82, 2.24) is 5.32 Å². The molecule has 0 saturated heterocycles. The molecule has 0 saturated carbocycles. The molecule has 0 aliphatic carbocycles. The number of benzene rings is 2. The third-order valence-corrected chi connectivity index (χ3v) is 8.26. The van der Waals surface area contributed by atoms with E-state index in [1.165, 1.54) is 23.1 Å². The number of hydrogen-bond donors (Lipinski definition) is 3. The molecule has 1 atom stereocenters. The molecule has 1 aliphatic heterocycles. The summed E-state index contributed by atoms with van der Waals surface area (Å²) in [6, 6.07) is 21.3. The monoisotopic (exact) mass is 626 g/mol. The standard InChI is InChI=1S/C27H23IN4O2S2/c1-16-6-3-4-7-21(16)32-26(34)24-17(2)30-27(20(14-29)25(24)22-8-5-13-35-22)36-15-23(33)31-19-11-9-18(28)10-12-19/h3-13,25,30H,15H2,1-2H3,(H,31,33)(H,32,34)/t25-/m1/s1. The van der Waals surface area contributed by atoms with E-state index in [-0.39, 0.29) is 17.6 Å². The number of nitriles is 1. The molecule has 9 heteroatoms. The first-order chi connectivity index (χ1) is 17.4. The summed E-state index contributed by atoms with van der Waals surface area (Å²) in [6.45, 7) is 3.76. The van der Waals surface area contributed by atoms with Crippen LogP contribution in [-0.2, 0) is 9.59 Å². The van der Waals surface area contributed by atoms with Crippen molar-refractivity contribution in [3.63, 3.8) is 0 Å². The van der Waals surface area contributed by atoms with Gasteiger partial charge in [-0.3, -0.25) is 9.59 Å². The van der Waals surface area contributed by atoms with Crippen LogP contribution in [0.4, 0.5) is 11.4 Å². The maximum absolute atomic E-state index is 13.5. The van der Waals surface area contributed by atoms with Gasteiger partial charge in [0.25, 0.3) is 5.91 Å². The molecule has 36 heavy (non-hydrogen) atoms. The minimum absolute atomic E-state index is 0.120. The SMILES string of the molecule is CC1=C(C(=O)Nc2ccccc2C)[C@@H](c2cccs2)C(C#N)=C(SCC(=O)Nc2ccc(I)cc2)N1. The van der Waals surface area contributed by atoms with Crippen molar-refractivity contribution in [1.29, 1.82) is 5.26 Å². The van der Waals surface area contributed by atoms with Gasteiger partial charge in [-0.2, -0.15) is 5.26 Å². The second-order valence-electron chi connectivity index (χ2n) is 8.08. The van der Waals surface area contributed by atoms with Crippen molar-refractivity contribution in [2.24, 2.45) is 0 Å². The Bertz CT molecular complexity index is 1390. The number of hydrogen-bond acceptors (Lipinski definition) is 6. The zero-order valence-electron chi connectivity index (χ0n) is 19.6. The zero-order chi connectivity index (χ0) is 25.7. The fourth-order valence-corrected chi connectivity index (χ4v) is 5.93. The number of nitrogens with zero attached hydrogens (tertiary/aromatic N) is 1. The summed E-state index contributed by atoms with van der Waals surface area (Å²) in [4.78, 5) is 27.0. The Morgan fingerprint density at radius 1 is 1.08 bits per heavy atom. The van der Waals surface area contributed by atoms with E-state index < -0.39 is 5.92 Å². The van der Waals surface area contributed by atoms with Crippen LogP contribution in [0.1, 0.15) is 23.3 Å². The van der Waals surface area contributed by atoms with Crippen LogP contribution in [0, 0.1) is 21.8 Å². The Balaban J connectivity index is 1.58. The lowest BCUT2D eigenvalue weighted by Gasteiger charge is -2.29. The molecule has 0 bridgehead atoms. The highest BCUT2D eigenvalue weighted by atomic mass is 127. The summed E-state index contributed by atoms with van der Waals surface area (Å²) in [6.07, 6.45) is 0. The Labute approximate surface area is 232 Å². The molecule has 2 heterocycles. The lowest BCUT2D eigenvalue weighted by molar-refractivity contribution is -0.114. The van der Waals surface area contributed by atoms with Crippen LogP contribution in [0.2, 0.25) is 0 Å². The van der Waals surface area contributed by atoms with Crippen LogP contribution in [0.15, 0.2) is 87.9 Å². The van der Waals surface area contributed by atoms with Crippen LogP contribution < -0.4 is 16.0 Å². The highest BCUT2D eigenvalue weighted by Crippen LogP contribution is 2.42. The predicted molar refractivity (Wildman–Crippen MR) is 156 cm³/mol. The average Bonchev–Trinajstić information content (AvgIpc) is 3.39. The Morgan fingerprint density at radius 2 is 1.83 bits per heavy atom. The second-order valence-corrected chi connectivity index (χ2v) is 11.3. The molecule has 182 valence electrons. The van der Waals surface area contributed by atoms with E-state index in [4.69, 9.17) is 0 Å². The van der Waals surface area contributed by atoms with Crippen LogP contribution >= 0.6 is 45.7 Å². The zero-order valence-corrected chi connectivity index (χ0v) is 23.4. The molecule has 1 aromatic heterocycles. The first kappa shape index (κ1) is 26.0. The van der Waals surface area contributed by atoms with Gasteiger partial charge in [0.2, 0.25) is 5.91 Å². The molecular weight excluding hydrogens is 603 g/mol. The smallest absolute Gasteiger partial charge is 0.254 e. The summed E-state index contributed by atoms with van der Waals surface area (Å²) in [5, 5.41) is 21.8. The third-order valence-electron chi connectivity index (χ3n) is 5.59. The molecule has 4 rings (SSSR count). The number of carbonyl (C=O) groups is 2. The van der Waals surface area contributed by atoms with E-state index in [0.29, 0.717) is 21.9 Å². The third kappa shape index (κ3) is 6.00. The first-order valence-electron chi connectivity index (χ1n) is 11.1. The van der Waals surface area contributed by atoms with Gasteiger partial charge in [-0.1, -0.05) is 36.0 Å². The number of rotatable bonds is 7. The number of halogens is 1. The van der Waals surface area contributed by atoms with E-state index in [9.17, 15) is 14.9 Å². The van der Waals surface area contributed by atoms with Crippen molar-refractivity contribution in [3.8, 4) is 6.07 Å². The summed E-state index contributed by atoms with van der Waals surface area (Å²) >= 11 is 4.96. The van der Waals surface area contributed by atoms with Crippen molar-refractivity contribution >= 4 is 68.9 Å². The largest absolute Gasteiger partial charge is 0.353 e. The molecule has 0 radical (unpaired) electrons. The molecule has 2 aromatic carbocycles. The quantitative estimate of drug-likeness (QED) is 0.265. The fraction of sp³-hybridized carbons (Fsp3) is 0.148. The molecule has 3 N–H and O–H groups in total. The van der Waals surface area contributed by atoms with Gasteiger partial charge in [0, 0.05) is 31.1 Å². The van der Waals surface area contributed by atoms with Crippen LogP contribution in [0.5, 0.6) is 0 Å². The minimum atomic E-state index is -0.526. The number of nitrogens with one attached hydrogen (secondary N) is 3. The number of aryl methyl sites for hydroxylation is 1. The maximum Gasteiger partial charge on any atom is 0.254 e.